The van der Waals surface area contributed by atoms with Crippen LogP contribution in [0.4, 0.5) is 4.79 Å². The number of ether oxygens (including phenoxy) is 1. The van der Waals surface area contributed by atoms with Crippen molar-refractivity contribution in [2.45, 2.75) is 24.9 Å². The van der Waals surface area contributed by atoms with Crippen molar-refractivity contribution in [1.82, 2.24) is 15.5 Å². The quantitative estimate of drug-likeness (QED) is 0.606. The fourth-order valence-corrected chi connectivity index (χ4v) is 3.39. The number of urea groups is 1. The van der Waals surface area contributed by atoms with Crippen molar-refractivity contribution < 1.29 is 24.2 Å². The Morgan fingerprint density at radius 3 is 2.95 bits per heavy atom. The molecule has 0 spiro atoms. The third-order valence-electron chi connectivity index (χ3n) is 4.57. The van der Waals surface area contributed by atoms with E-state index in [1.807, 2.05) is 0 Å². The number of nitrogens with one attached hydrogen (secondary N) is 2. The van der Waals surface area contributed by atoms with Gasteiger partial charge in [-0.2, -0.15) is 0 Å². The topological polar surface area (TPSA) is 108 Å². The molecule has 4 unspecified atom stereocenters. The van der Waals surface area contributed by atoms with Gasteiger partial charge in [-0.05, 0) is 12.8 Å². The average Bonchev–Trinajstić information content (AvgIpc) is 3.06. The van der Waals surface area contributed by atoms with Crippen molar-refractivity contribution in [2.24, 2.45) is 11.8 Å². The van der Waals surface area contributed by atoms with Gasteiger partial charge in [-0.1, -0.05) is 0 Å². The summed E-state index contributed by atoms with van der Waals surface area (Å²) in [6, 6.07) is -0.944. The zero-order valence-electron chi connectivity index (χ0n) is 11.6. The number of rotatable bonds is 2. The maximum atomic E-state index is 12.4. The molecule has 3 aliphatic rings. The zero-order valence-corrected chi connectivity index (χ0v) is 11.6. The van der Waals surface area contributed by atoms with E-state index in [0.29, 0.717) is 13.1 Å². The van der Waals surface area contributed by atoms with E-state index in [0.717, 1.165) is 12.8 Å². The van der Waals surface area contributed by atoms with Crippen LogP contribution in [0.5, 0.6) is 0 Å². The number of hydrogen-bond acceptors (Lipinski definition) is 4. The van der Waals surface area contributed by atoms with Gasteiger partial charge in [0, 0.05) is 13.1 Å². The first-order valence-electron chi connectivity index (χ1n) is 7.23. The Bertz CT molecular complexity index is 469. The number of amides is 3. The van der Waals surface area contributed by atoms with Crippen LogP contribution in [0.25, 0.3) is 0 Å². The Morgan fingerprint density at radius 1 is 1.38 bits per heavy atom. The van der Waals surface area contributed by atoms with E-state index in [1.54, 1.807) is 4.90 Å². The van der Waals surface area contributed by atoms with E-state index in [4.69, 9.17) is 9.84 Å². The summed E-state index contributed by atoms with van der Waals surface area (Å²) in [5.74, 6) is -1.81. The molecule has 3 aliphatic heterocycles. The molecule has 3 saturated heterocycles. The van der Waals surface area contributed by atoms with Gasteiger partial charge in [-0.25, -0.2) is 4.79 Å². The Kier molecular flexibility index (Phi) is 3.71. The molecule has 3 heterocycles. The van der Waals surface area contributed by atoms with Gasteiger partial charge in [0.05, 0.1) is 31.2 Å². The molecule has 0 radical (unpaired) electrons. The second kappa shape index (κ2) is 5.51. The molecule has 3 fully saturated rings. The number of carbonyl (C=O) groups excluding carboxylic acids is 2. The van der Waals surface area contributed by atoms with E-state index in [-0.39, 0.29) is 37.1 Å². The first-order valence-corrected chi connectivity index (χ1v) is 7.23. The molecule has 116 valence electrons. The summed E-state index contributed by atoms with van der Waals surface area (Å²) in [6.45, 7) is 1.39. The number of aliphatic carboxylic acids is 1. The molecule has 0 aliphatic carbocycles. The largest absolute Gasteiger partial charge is 0.481 e. The van der Waals surface area contributed by atoms with Crippen LogP contribution in [0.1, 0.15) is 12.8 Å². The zero-order chi connectivity index (χ0) is 15.0. The van der Waals surface area contributed by atoms with E-state index in [9.17, 15) is 14.4 Å². The lowest BCUT2D eigenvalue weighted by atomic mass is 9.92. The molecule has 3 amide bonds. The molecule has 0 saturated carbocycles. The summed E-state index contributed by atoms with van der Waals surface area (Å²) in [5.41, 5.74) is 0. The molecule has 3 N–H and O–H groups in total. The summed E-state index contributed by atoms with van der Waals surface area (Å²) >= 11 is 0. The smallest absolute Gasteiger partial charge is 0.318 e. The normalized spacial score (nSPS) is 35.2. The second-order valence-electron chi connectivity index (χ2n) is 5.79. The van der Waals surface area contributed by atoms with E-state index >= 15 is 0 Å². The highest BCUT2D eigenvalue weighted by atomic mass is 16.5. The molecular formula is C13H19N3O5. The van der Waals surface area contributed by atoms with Gasteiger partial charge in [0.2, 0.25) is 5.91 Å². The molecule has 0 aromatic carbocycles. The molecule has 4 atom stereocenters. The van der Waals surface area contributed by atoms with Gasteiger partial charge in [0.15, 0.2) is 0 Å². The van der Waals surface area contributed by atoms with Crippen LogP contribution >= 0.6 is 0 Å². The number of carboxylic acid groups (broad SMARTS) is 1. The van der Waals surface area contributed by atoms with E-state index < -0.39 is 17.9 Å². The molecular weight excluding hydrogens is 278 g/mol. The molecule has 3 rings (SSSR count). The minimum Gasteiger partial charge on any atom is -0.481 e. The summed E-state index contributed by atoms with van der Waals surface area (Å²) < 4.78 is 5.14. The first-order chi connectivity index (χ1) is 10.1. The van der Waals surface area contributed by atoms with Crippen LogP contribution in [-0.2, 0) is 14.3 Å². The van der Waals surface area contributed by atoms with E-state index in [1.165, 1.54) is 0 Å². The lowest BCUT2D eigenvalue weighted by Gasteiger charge is -2.36. The van der Waals surface area contributed by atoms with Crippen molar-refractivity contribution >= 4 is 17.9 Å². The predicted molar refractivity (Wildman–Crippen MR) is 70.5 cm³/mol. The molecule has 0 bridgehead atoms. The summed E-state index contributed by atoms with van der Waals surface area (Å²) in [5, 5.41) is 14.6. The number of carboxylic acids is 1. The number of carbonyl (C=O) groups is 3. The standard InChI is InChI=1S/C13H19N3O5/c17-11-7-2-1-3-16(10(7)4-14-11)13(20)15-9-6-21-5-8(9)12(18)19/h7-10H,1-6H2,(H,14,17)(H,15,20)(H,18,19). The van der Waals surface area contributed by atoms with Crippen molar-refractivity contribution in [1.29, 1.82) is 0 Å². The van der Waals surface area contributed by atoms with E-state index in [2.05, 4.69) is 10.6 Å². The summed E-state index contributed by atoms with van der Waals surface area (Å²) in [7, 11) is 0. The third-order valence-corrected chi connectivity index (χ3v) is 4.57. The average molecular weight is 297 g/mol. The highest BCUT2D eigenvalue weighted by Gasteiger charge is 2.44. The molecule has 0 aromatic rings. The van der Waals surface area contributed by atoms with Crippen LogP contribution in [0, 0.1) is 11.8 Å². The lowest BCUT2D eigenvalue weighted by Crippen LogP contribution is -2.55. The lowest BCUT2D eigenvalue weighted by molar-refractivity contribution is -0.142. The minimum atomic E-state index is -0.966. The van der Waals surface area contributed by atoms with Crippen LogP contribution in [-0.4, -0.2) is 66.3 Å². The molecule has 21 heavy (non-hydrogen) atoms. The van der Waals surface area contributed by atoms with Crippen LogP contribution in [0.3, 0.4) is 0 Å². The second-order valence-corrected chi connectivity index (χ2v) is 5.79. The Hall–Kier alpha value is -1.83. The minimum absolute atomic E-state index is 0.00473. The highest BCUT2D eigenvalue weighted by Crippen LogP contribution is 2.27. The number of nitrogens with zero attached hydrogens (tertiary/aromatic N) is 1. The number of fused-ring (bicyclic) bond motifs is 1. The van der Waals surface area contributed by atoms with Crippen LogP contribution in [0.2, 0.25) is 0 Å². The maximum absolute atomic E-state index is 12.4. The van der Waals surface area contributed by atoms with Crippen LogP contribution in [0.15, 0.2) is 0 Å². The van der Waals surface area contributed by atoms with Crippen molar-refractivity contribution in [3.05, 3.63) is 0 Å². The van der Waals surface area contributed by atoms with Gasteiger partial charge >= 0.3 is 12.0 Å². The first kappa shape index (κ1) is 14.1. The van der Waals surface area contributed by atoms with Crippen LogP contribution < -0.4 is 10.6 Å². The van der Waals surface area contributed by atoms with Gasteiger partial charge in [-0.3, -0.25) is 9.59 Å². The fourth-order valence-electron chi connectivity index (χ4n) is 3.39. The Morgan fingerprint density at radius 2 is 2.19 bits per heavy atom. The molecule has 8 nitrogen and oxygen atoms in total. The number of piperidine rings is 1. The van der Waals surface area contributed by atoms with Crippen molar-refractivity contribution in [2.75, 3.05) is 26.3 Å². The molecule has 0 aromatic heterocycles. The Labute approximate surface area is 121 Å². The van der Waals surface area contributed by atoms with Crippen molar-refractivity contribution in [3.8, 4) is 0 Å². The van der Waals surface area contributed by atoms with Crippen molar-refractivity contribution in [3.63, 3.8) is 0 Å². The fraction of sp³-hybridized carbons (Fsp3) is 0.769. The number of likely N-dealkylation sites (tertiary alicyclic amines) is 1. The molecule has 8 heteroatoms. The number of hydrogen-bond donors (Lipinski definition) is 3. The monoisotopic (exact) mass is 297 g/mol. The van der Waals surface area contributed by atoms with Gasteiger partial charge in [0.25, 0.3) is 0 Å². The maximum Gasteiger partial charge on any atom is 0.318 e. The third kappa shape index (κ3) is 2.55. The van der Waals surface area contributed by atoms with Gasteiger partial charge in [0.1, 0.15) is 5.92 Å². The highest BCUT2D eigenvalue weighted by molar-refractivity contribution is 5.84. The summed E-state index contributed by atoms with van der Waals surface area (Å²) in [4.78, 5) is 36.8. The van der Waals surface area contributed by atoms with Gasteiger partial charge in [-0.15, -0.1) is 0 Å². The summed E-state index contributed by atoms with van der Waals surface area (Å²) in [6.07, 6.45) is 1.58. The van der Waals surface area contributed by atoms with Gasteiger partial charge < -0.3 is 25.4 Å². The Balaban J connectivity index is 1.65. The SMILES string of the molecule is O=C(O)C1COCC1NC(=O)N1CCCC2C(=O)NCC21. The predicted octanol–water partition coefficient (Wildman–Crippen LogP) is -0.994.